The van der Waals surface area contributed by atoms with Crippen molar-refractivity contribution in [2.45, 2.75) is 12.3 Å². The quantitative estimate of drug-likeness (QED) is 0.412. The van der Waals surface area contributed by atoms with Gasteiger partial charge >= 0.3 is 0 Å². The second-order valence-electron chi connectivity index (χ2n) is 1.65. The van der Waals surface area contributed by atoms with Gasteiger partial charge < -0.3 is 9.87 Å². The zero-order valence-electron chi connectivity index (χ0n) is 5.40. The smallest absolute Gasteiger partial charge is 0.217 e. The van der Waals surface area contributed by atoms with Crippen LogP contribution in [0.1, 0.15) is 6.92 Å². The van der Waals surface area contributed by atoms with Gasteiger partial charge in [-0.25, -0.2) is 4.21 Å². The zero-order chi connectivity index (χ0) is 8.15. The van der Waals surface area contributed by atoms with E-state index in [0.717, 1.165) is 0 Å². The van der Waals surface area contributed by atoms with E-state index >= 15 is 0 Å². The van der Waals surface area contributed by atoms with Gasteiger partial charge in [-0.3, -0.25) is 4.79 Å². The second-order valence-corrected chi connectivity index (χ2v) is 3.13. The van der Waals surface area contributed by atoms with Crippen molar-refractivity contribution in [3.63, 3.8) is 0 Å². The van der Waals surface area contributed by atoms with Crippen LogP contribution >= 0.6 is 12.6 Å². The molecule has 0 aromatic heterocycles. The molecule has 1 amide bonds. The Morgan fingerprint density at radius 2 is 2.40 bits per heavy atom. The number of nitrogens with one attached hydrogen (secondary N) is 1. The van der Waals surface area contributed by atoms with Gasteiger partial charge in [0.05, 0.1) is 0 Å². The summed E-state index contributed by atoms with van der Waals surface area (Å²) >= 11 is 1.73. The lowest BCUT2D eigenvalue weighted by molar-refractivity contribution is -0.119. The lowest BCUT2D eigenvalue weighted by atomic mass is 10.6. The van der Waals surface area contributed by atoms with Crippen LogP contribution in [-0.4, -0.2) is 25.8 Å². The molecule has 0 saturated heterocycles. The Labute approximate surface area is 67.1 Å². The van der Waals surface area contributed by atoms with Gasteiger partial charge in [-0.15, -0.1) is 0 Å². The fraction of sp³-hybridized carbons (Fsp3) is 0.750. The summed E-state index contributed by atoms with van der Waals surface area (Å²) < 4.78 is 18.8. The minimum atomic E-state index is -2.03. The summed E-state index contributed by atoms with van der Waals surface area (Å²) in [6.45, 7) is 1.28. The molecule has 2 N–H and O–H groups in total. The molecule has 0 heterocycles. The lowest BCUT2D eigenvalue weighted by Crippen LogP contribution is -2.37. The normalized spacial score (nSPS) is 15.9. The molecular weight excluding hydrogens is 174 g/mol. The lowest BCUT2D eigenvalue weighted by Gasteiger charge is -2.09. The molecular formula is C4H9NO3S2. The van der Waals surface area contributed by atoms with E-state index in [9.17, 15) is 9.00 Å². The molecule has 0 fully saturated rings. The first kappa shape index (κ1) is 9.93. The fourth-order valence-corrected chi connectivity index (χ4v) is 1.25. The van der Waals surface area contributed by atoms with Gasteiger partial charge in [0, 0.05) is 12.7 Å². The number of hydrogen-bond acceptors (Lipinski definition) is 3. The number of hydrogen-bond donors (Lipinski definition) is 3. The molecule has 0 spiro atoms. The topological polar surface area (TPSA) is 66.4 Å². The molecule has 6 heteroatoms. The van der Waals surface area contributed by atoms with Crippen LogP contribution in [0.3, 0.4) is 0 Å². The molecule has 0 aliphatic carbocycles. The molecule has 0 aromatic rings. The summed E-state index contributed by atoms with van der Waals surface area (Å²) in [5.74, 6) is -0.177. The summed E-state index contributed by atoms with van der Waals surface area (Å²) in [4.78, 5) is 10.3. The van der Waals surface area contributed by atoms with E-state index in [1.165, 1.54) is 6.92 Å². The minimum absolute atomic E-state index is 0.155. The van der Waals surface area contributed by atoms with E-state index in [1.54, 1.807) is 0 Å². The number of carbonyl (C=O) groups is 1. The van der Waals surface area contributed by atoms with Crippen molar-refractivity contribution in [2.75, 3.05) is 5.75 Å². The Morgan fingerprint density at radius 3 is 2.50 bits per heavy atom. The van der Waals surface area contributed by atoms with Crippen molar-refractivity contribution in [1.82, 2.24) is 5.32 Å². The van der Waals surface area contributed by atoms with E-state index in [4.69, 9.17) is 4.55 Å². The molecule has 10 heavy (non-hydrogen) atoms. The first-order valence-electron chi connectivity index (χ1n) is 2.55. The largest absolute Gasteiger partial charge is 0.339 e. The van der Waals surface area contributed by atoms with Crippen LogP contribution < -0.4 is 5.32 Å². The number of thiol groups is 1. The minimum Gasteiger partial charge on any atom is -0.339 e. The summed E-state index contributed by atoms with van der Waals surface area (Å²) in [5.41, 5.74) is 0. The SMILES string of the molecule is CC(=O)N[C@@H](CS)S(=O)O. The molecule has 0 aliphatic rings. The standard InChI is InChI=1S/C4H9NO3S2/c1-3(6)5-4(2-9)10(7)8/h4,9H,2H2,1H3,(H,5,6)(H,7,8)/t4-/m1/s1. The summed E-state index contributed by atoms with van der Waals surface area (Å²) in [6, 6.07) is 0. The first-order chi connectivity index (χ1) is 4.57. The molecule has 0 rings (SSSR count). The average molecular weight is 183 g/mol. The van der Waals surface area contributed by atoms with E-state index in [-0.39, 0.29) is 11.7 Å². The average Bonchev–Trinajstić information content (AvgIpc) is 1.81. The van der Waals surface area contributed by atoms with Crippen LogP contribution in [0.4, 0.5) is 0 Å². The molecule has 0 saturated carbocycles. The molecule has 4 nitrogen and oxygen atoms in total. The summed E-state index contributed by atoms with van der Waals surface area (Å²) in [7, 11) is 0. The molecule has 1 unspecified atom stereocenters. The highest BCUT2D eigenvalue weighted by atomic mass is 32.2. The van der Waals surface area contributed by atoms with Crippen molar-refractivity contribution in [3.05, 3.63) is 0 Å². The van der Waals surface area contributed by atoms with Crippen molar-refractivity contribution in [2.24, 2.45) is 0 Å². The molecule has 60 valence electrons. The highest BCUT2D eigenvalue weighted by Crippen LogP contribution is 1.91. The van der Waals surface area contributed by atoms with Crippen LogP contribution in [0.2, 0.25) is 0 Å². The predicted molar refractivity (Wildman–Crippen MR) is 42.2 cm³/mol. The van der Waals surface area contributed by atoms with Crippen LogP contribution in [0, 0.1) is 0 Å². The molecule has 0 aliphatic heterocycles. The summed E-state index contributed by atoms with van der Waals surface area (Å²) in [6.07, 6.45) is 0. The van der Waals surface area contributed by atoms with Gasteiger partial charge in [-0.1, -0.05) is 0 Å². The Kier molecular flexibility index (Phi) is 4.67. The van der Waals surface area contributed by atoms with Gasteiger partial charge in [0.25, 0.3) is 0 Å². The Balaban J connectivity index is 3.83. The number of carbonyl (C=O) groups excluding carboxylic acids is 1. The van der Waals surface area contributed by atoms with Gasteiger partial charge in [-0.05, 0) is 0 Å². The van der Waals surface area contributed by atoms with Crippen LogP contribution in [0.25, 0.3) is 0 Å². The van der Waals surface area contributed by atoms with Crippen molar-refractivity contribution >= 4 is 29.6 Å². The monoisotopic (exact) mass is 183 g/mol. The maximum atomic E-state index is 10.3. The molecule has 0 radical (unpaired) electrons. The highest BCUT2D eigenvalue weighted by molar-refractivity contribution is 7.84. The second kappa shape index (κ2) is 4.70. The van der Waals surface area contributed by atoms with Gasteiger partial charge in [0.15, 0.2) is 11.1 Å². The maximum absolute atomic E-state index is 10.3. The van der Waals surface area contributed by atoms with Crippen LogP contribution in [0.5, 0.6) is 0 Å². The van der Waals surface area contributed by atoms with Gasteiger partial charge in [0.2, 0.25) is 5.91 Å². The summed E-state index contributed by atoms with van der Waals surface area (Å²) in [5, 5.41) is 1.50. The third kappa shape index (κ3) is 3.86. The third-order valence-electron chi connectivity index (χ3n) is 0.773. The van der Waals surface area contributed by atoms with Crippen molar-refractivity contribution in [3.8, 4) is 0 Å². The molecule has 0 aromatic carbocycles. The third-order valence-corrected chi connectivity index (χ3v) is 2.16. The highest BCUT2D eigenvalue weighted by Gasteiger charge is 2.12. The van der Waals surface area contributed by atoms with E-state index < -0.39 is 16.5 Å². The van der Waals surface area contributed by atoms with Gasteiger partial charge in [-0.2, -0.15) is 12.6 Å². The first-order valence-corrected chi connectivity index (χ1v) is 4.35. The Morgan fingerprint density at radius 1 is 1.90 bits per heavy atom. The van der Waals surface area contributed by atoms with Crippen molar-refractivity contribution < 1.29 is 13.6 Å². The zero-order valence-corrected chi connectivity index (χ0v) is 7.11. The van der Waals surface area contributed by atoms with E-state index in [0.29, 0.717) is 0 Å². The van der Waals surface area contributed by atoms with Gasteiger partial charge in [0.1, 0.15) is 5.37 Å². The van der Waals surface area contributed by atoms with Crippen LogP contribution in [-0.2, 0) is 15.9 Å². The van der Waals surface area contributed by atoms with Crippen LogP contribution in [0.15, 0.2) is 0 Å². The fourth-order valence-electron chi connectivity index (χ4n) is 0.387. The van der Waals surface area contributed by atoms with E-state index in [2.05, 4.69) is 17.9 Å². The number of amides is 1. The Bertz CT molecular complexity index is 149. The predicted octanol–water partition coefficient (Wildman–Crippen LogP) is -0.400. The number of rotatable bonds is 3. The van der Waals surface area contributed by atoms with E-state index in [1.807, 2.05) is 0 Å². The molecule has 0 bridgehead atoms. The maximum Gasteiger partial charge on any atom is 0.217 e. The molecule has 2 atom stereocenters. The van der Waals surface area contributed by atoms with Crippen molar-refractivity contribution in [1.29, 1.82) is 0 Å². The Hall–Kier alpha value is -0.0700.